The molecule has 18 heavy (non-hydrogen) atoms. The van der Waals surface area contributed by atoms with Gasteiger partial charge in [0, 0.05) is 11.2 Å². The average molecular weight is 258 g/mol. The molecule has 3 aromatic rings. The minimum atomic E-state index is 0.687. The first-order valence-corrected chi connectivity index (χ1v) is 6.14. The molecule has 0 fully saturated rings. The summed E-state index contributed by atoms with van der Waals surface area (Å²) in [4.78, 5) is 8.86. The highest BCUT2D eigenvalue weighted by Gasteiger charge is 2.07. The van der Waals surface area contributed by atoms with Crippen LogP contribution in [0.4, 0.5) is 0 Å². The number of benzene rings is 1. The molecule has 1 aromatic carbocycles. The number of imidazole rings is 1. The zero-order valence-corrected chi connectivity index (χ0v) is 10.7. The summed E-state index contributed by atoms with van der Waals surface area (Å²) in [7, 11) is 0. The molecule has 0 bridgehead atoms. The lowest BCUT2D eigenvalue weighted by atomic mass is 10.3. The van der Waals surface area contributed by atoms with E-state index in [1.807, 2.05) is 31.2 Å². The van der Waals surface area contributed by atoms with Crippen molar-refractivity contribution in [3.63, 3.8) is 0 Å². The van der Waals surface area contributed by atoms with E-state index in [4.69, 9.17) is 11.6 Å². The zero-order valence-electron chi connectivity index (χ0n) is 9.97. The Morgan fingerprint density at radius 3 is 2.89 bits per heavy atom. The number of para-hydroxylation sites is 2. The second-order valence-corrected chi connectivity index (χ2v) is 4.64. The molecule has 0 spiro atoms. The van der Waals surface area contributed by atoms with E-state index >= 15 is 0 Å². The van der Waals surface area contributed by atoms with Crippen molar-refractivity contribution in [1.29, 1.82) is 0 Å². The average Bonchev–Trinajstić information content (AvgIpc) is 2.66. The van der Waals surface area contributed by atoms with Gasteiger partial charge in [-0.2, -0.15) is 0 Å². The SMILES string of the molecule is Cc1nc2ccccc2n1Cc1cc(Cl)ccn1. The molecule has 4 heteroatoms. The van der Waals surface area contributed by atoms with Crippen molar-refractivity contribution in [2.75, 3.05) is 0 Å². The van der Waals surface area contributed by atoms with Crippen molar-refractivity contribution in [1.82, 2.24) is 14.5 Å². The Bertz CT molecular complexity index is 703. The molecular weight excluding hydrogens is 246 g/mol. The lowest BCUT2D eigenvalue weighted by Gasteiger charge is -2.06. The van der Waals surface area contributed by atoms with Gasteiger partial charge < -0.3 is 4.57 Å². The molecule has 2 aromatic heterocycles. The molecule has 0 amide bonds. The number of hydrogen-bond acceptors (Lipinski definition) is 2. The molecule has 90 valence electrons. The number of pyridine rings is 1. The maximum absolute atomic E-state index is 5.98. The van der Waals surface area contributed by atoms with E-state index < -0.39 is 0 Å². The van der Waals surface area contributed by atoms with Crippen LogP contribution in [0.5, 0.6) is 0 Å². The fourth-order valence-corrected chi connectivity index (χ4v) is 2.28. The lowest BCUT2D eigenvalue weighted by molar-refractivity contribution is 0.764. The van der Waals surface area contributed by atoms with E-state index in [2.05, 4.69) is 20.6 Å². The van der Waals surface area contributed by atoms with Gasteiger partial charge in [0.25, 0.3) is 0 Å². The van der Waals surface area contributed by atoms with Crippen molar-refractivity contribution in [2.45, 2.75) is 13.5 Å². The minimum Gasteiger partial charge on any atom is -0.322 e. The molecule has 0 N–H and O–H groups in total. The van der Waals surface area contributed by atoms with Crippen LogP contribution < -0.4 is 0 Å². The van der Waals surface area contributed by atoms with Gasteiger partial charge in [-0.1, -0.05) is 23.7 Å². The number of aryl methyl sites for hydroxylation is 1. The van der Waals surface area contributed by atoms with Crippen molar-refractivity contribution >= 4 is 22.6 Å². The predicted octanol–water partition coefficient (Wildman–Crippen LogP) is 3.44. The predicted molar refractivity (Wildman–Crippen MR) is 72.8 cm³/mol. The molecule has 3 rings (SSSR count). The second-order valence-electron chi connectivity index (χ2n) is 4.20. The summed E-state index contributed by atoms with van der Waals surface area (Å²) in [5.74, 6) is 0.984. The summed E-state index contributed by atoms with van der Waals surface area (Å²) in [6.45, 7) is 2.69. The highest BCUT2D eigenvalue weighted by molar-refractivity contribution is 6.30. The number of halogens is 1. The summed E-state index contributed by atoms with van der Waals surface area (Å²) < 4.78 is 2.15. The van der Waals surface area contributed by atoms with Crippen LogP contribution >= 0.6 is 11.6 Å². The van der Waals surface area contributed by atoms with E-state index in [0.717, 1.165) is 22.6 Å². The van der Waals surface area contributed by atoms with Crippen LogP contribution in [0.2, 0.25) is 5.02 Å². The fourth-order valence-electron chi connectivity index (χ4n) is 2.09. The van der Waals surface area contributed by atoms with Gasteiger partial charge >= 0.3 is 0 Å². The Morgan fingerprint density at radius 2 is 2.06 bits per heavy atom. The third kappa shape index (κ3) is 1.97. The van der Waals surface area contributed by atoms with Crippen LogP contribution in [0.15, 0.2) is 42.6 Å². The minimum absolute atomic E-state index is 0.687. The maximum atomic E-state index is 5.98. The first-order valence-electron chi connectivity index (χ1n) is 5.76. The largest absolute Gasteiger partial charge is 0.322 e. The summed E-state index contributed by atoms with van der Waals surface area (Å²) in [6, 6.07) is 11.8. The molecule has 3 nitrogen and oxygen atoms in total. The van der Waals surface area contributed by atoms with Gasteiger partial charge in [-0.15, -0.1) is 0 Å². The van der Waals surface area contributed by atoms with Gasteiger partial charge in [-0.25, -0.2) is 4.98 Å². The number of rotatable bonds is 2. The van der Waals surface area contributed by atoms with Crippen LogP contribution in [-0.4, -0.2) is 14.5 Å². The quantitative estimate of drug-likeness (QED) is 0.704. The van der Waals surface area contributed by atoms with Crippen LogP contribution in [0, 0.1) is 6.92 Å². The molecule has 0 saturated heterocycles. The van der Waals surface area contributed by atoms with Gasteiger partial charge in [-0.3, -0.25) is 4.98 Å². The smallest absolute Gasteiger partial charge is 0.107 e. The van der Waals surface area contributed by atoms with Crippen LogP contribution in [0.3, 0.4) is 0 Å². The highest BCUT2D eigenvalue weighted by Crippen LogP contribution is 2.17. The van der Waals surface area contributed by atoms with E-state index in [0.29, 0.717) is 11.6 Å². The van der Waals surface area contributed by atoms with Gasteiger partial charge in [-0.05, 0) is 31.2 Å². The second kappa shape index (κ2) is 4.42. The Hall–Kier alpha value is -1.87. The van der Waals surface area contributed by atoms with Crippen molar-refractivity contribution < 1.29 is 0 Å². The van der Waals surface area contributed by atoms with Crippen molar-refractivity contribution in [3.05, 3.63) is 59.1 Å². The highest BCUT2D eigenvalue weighted by atomic mass is 35.5. The zero-order chi connectivity index (χ0) is 12.5. The lowest BCUT2D eigenvalue weighted by Crippen LogP contribution is -2.03. The van der Waals surface area contributed by atoms with Gasteiger partial charge in [0.15, 0.2) is 0 Å². The molecule has 0 aliphatic rings. The summed E-state index contributed by atoms with van der Waals surface area (Å²) in [5.41, 5.74) is 3.07. The Morgan fingerprint density at radius 1 is 1.22 bits per heavy atom. The topological polar surface area (TPSA) is 30.7 Å². The summed E-state index contributed by atoms with van der Waals surface area (Å²) >= 11 is 5.98. The number of fused-ring (bicyclic) bond motifs is 1. The normalized spacial score (nSPS) is 11.0. The molecule has 0 radical (unpaired) electrons. The van der Waals surface area contributed by atoms with E-state index in [-0.39, 0.29) is 0 Å². The molecule has 2 heterocycles. The van der Waals surface area contributed by atoms with E-state index in [1.54, 1.807) is 12.3 Å². The van der Waals surface area contributed by atoms with Crippen molar-refractivity contribution in [3.8, 4) is 0 Å². The van der Waals surface area contributed by atoms with Crippen LogP contribution in [0.25, 0.3) is 11.0 Å². The number of nitrogens with zero attached hydrogens (tertiary/aromatic N) is 3. The number of aromatic nitrogens is 3. The summed E-state index contributed by atoms with van der Waals surface area (Å²) in [5, 5.41) is 0.710. The monoisotopic (exact) mass is 257 g/mol. The van der Waals surface area contributed by atoms with E-state index in [9.17, 15) is 0 Å². The standard InChI is InChI=1S/C14H12ClN3/c1-10-17-13-4-2-3-5-14(13)18(10)9-12-8-11(15)6-7-16-12/h2-8H,9H2,1H3. The maximum Gasteiger partial charge on any atom is 0.107 e. The molecular formula is C14H12ClN3. The molecule has 0 saturated carbocycles. The van der Waals surface area contributed by atoms with Gasteiger partial charge in [0.1, 0.15) is 5.82 Å². The third-order valence-corrected chi connectivity index (χ3v) is 3.18. The molecule has 0 aliphatic carbocycles. The molecule has 0 unspecified atom stereocenters. The fraction of sp³-hybridized carbons (Fsp3) is 0.143. The molecule has 0 aliphatic heterocycles. The van der Waals surface area contributed by atoms with Gasteiger partial charge in [0.2, 0.25) is 0 Å². The summed E-state index contributed by atoms with van der Waals surface area (Å²) in [6.07, 6.45) is 1.73. The Balaban J connectivity index is 2.07. The van der Waals surface area contributed by atoms with Crippen molar-refractivity contribution in [2.24, 2.45) is 0 Å². The Kier molecular flexibility index (Phi) is 2.76. The molecule has 0 atom stereocenters. The first-order chi connectivity index (χ1) is 8.74. The van der Waals surface area contributed by atoms with Gasteiger partial charge in [0.05, 0.1) is 23.3 Å². The van der Waals surface area contributed by atoms with E-state index in [1.165, 1.54) is 0 Å². The number of hydrogen-bond donors (Lipinski definition) is 0. The third-order valence-electron chi connectivity index (χ3n) is 2.94. The Labute approximate surface area is 110 Å². The van der Waals surface area contributed by atoms with Crippen LogP contribution in [-0.2, 0) is 6.54 Å². The first kappa shape index (κ1) is 11.2. The van der Waals surface area contributed by atoms with Crippen LogP contribution in [0.1, 0.15) is 11.5 Å².